The molecule has 3 unspecified atom stereocenters. The van der Waals surface area contributed by atoms with Crippen LogP contribution in [0.5, 0.6) is 0 Å². The van der Waals surface area contributed by atoms with E-state index in [0.717, 1.165) is 0 Å². The lowest BCUT2D eigenvalue weighted by atomic mass is 9.72. The zero-order valence-electron chi connectivity index (χ0n) is 17.7. The van der Waals surface area contributed by atoms with E-state index in [1.807, 2.05) is 0 Å². The minimum absolute atomic E-state index is 1.02. The van der Waals surface area contributed by atoms with Crippen LogP contribution in [0.15, 0.2) is 0 Å². The summed E-state index contributed by atoms with van der Waals surface area (Å²) >= 11 is 0. The minimum Gasteiger partial charge on any atom is -0.394 e. The SMILES string of the molecule is O=C([C@@H](O)[C@H](O)[C@H](O)CO)C(O)(C1O[C@H](CO)[C@H](O)[C@H](O)[C@H]1O)C1O[C@H](CO)[C@@H](O)[C@H](O)[C@H]1O. The van der Waals surface area contributed by atoms with E-state index in [1.54, 1.807) is 0 Å². The maximum Gasteiger partial charge on any atom is 0.201 e. The molecule has 13 N–H and O–H groups in total. The van der Waals surface area contributed by atoms with Gasteiger partial charge >= 0.3 is 0 Å². The molecular formula is C18H32O16. The summed E-state index contributed by atoms with van der Waals surface area (Å²) in [6, 6.07) is 0. The normalized spacial score (nSPS) is 43.6. The van der Waals surface area contributed by atoms with Crippen LogP contribution in [0, 0.1) is 0 Å². The van der Waals surface area contributed by atoms with E-state index in [4.69, 9.17) is 14.6 Å². The highest BCUT2D eigenvalue weighted by Crippen LogP contribution is 2.38. The van der Waals surface area contributed by atoms with E-state index in [9.17, 15) is 66.1 Å². The lowest BCUT2D eigenvalue weighted by molar-refractivity contribution is -0.316. The van der Waals surface area contributed by atoms with E-state index in [0.29, 0.717) is 0 Å². The van der Waals surface area contributed by atoms with Gasteiger partial charge < -0.3 is 75.9 Å². The number of carbonyl (C=O) groups is 1. The van der Waals surface area contributed by atoms with Crippen molar-refractivity contribution >= 4 is 5.78 Å². The van der Waals surface area contributed by atoms with Gasteiger partial charge in [-0.2, -0.15) is 0 Å². The molecule has 16 nitrogen and oxygen atoms in total. The third-order valence-electron chi connectivity index (χ3n) is 6.22. The monoisotopic (exact) mass is 504 g/mol. The Morgan fingerprint density at radius 3 is 1.41 bits per heavy atom. The molecule has 0 aliphatic carbocycles. The smallest absolute Gasteiger partial charge is 0.201 e. The molecular weight excluding hydrogens is 472 g/mol. The van der Waals surface area contributed by atoms with Crippen molar-refractivity contribution < 1.29 is 80.7 Å². The van der Waals surface area contributed by atoms with Crippen LogP contribution in [0.3, 0.4) is 0 Å². The van der Waals surface area contributed by atoms with Gasteiger partial charge in [-0.25, -0.2) is 0 Å². The Balaban J connectivity index is 2.62. The Hall–Kier alpha value is -0.930. The van der Waals surface area contributed by atoms with E-state index < -0.39 is 111 Å². The van der Waals surface area contributed by atoms with Crippen LogP contribution >= 0.6 is 0 Å². The standard InChI is InChI=1S/C18H32O16/c19-1-4(22)7(23)12(28)15(31)18(32,16-13(29)10(26)8(24)5(2-20)33-16)17-14(30)11(27)9(25)6(3-21)34-17/h4-14,16-17,19-30,32H,1-3H2/t4-,5-,6-,7-,8-,9+,10+,11+,12+,13-,14-,16?,17?,18?/m1/s1. The van der Waals surface area contributed by atoms with Crippen molar-refractivity contribution in [3.8, 4) is 0 Å². The molecule has 2 aliphatic heterocycles. The summed E-state index contributed by atoms with van der Waals surface area (Å²) in [7, 11) is 0. The highest BCUT2D eigenvalue weighted by Gasteiger charge is 2.65. The Bertz CT molecular complexity index is 638. The number of carbonyl (C=O) groups excluding carboxylic acids is 1. The highest BCUT2D eigenvalue weighted by atomic mass is 16.6. The van der Waals surface area contributed by atoms with Crippen molar-refractivity contribution in [2.75, 3.05) is 19.8 Å². The Labute approximate surface area is 192 Å². The van der Waals surface area contributed by atoms with Crippen molar-refractivity contribution in [2.24, 2.45) is 0 Å². The molecule has 34 heavy (non-hydrogen) atoms. The largest absolute Gasteiger partial charge is 0.394 e. The first-order valence-electron chi connectivity index (χ1n) is 10.3. The zero-order chi connectivity index (χ0) is 26.1. The quantitative estimate of drug-likeness (QED) is 0.139. The maximum absolute atomic E-state index is 13.2. The summed E-state index contributed by atoms with van der Waals surface area (Å²) < 4.78 is 10.4. The second-order valence-electron chi connectivity index (χ2n) is 8.37. The number of ketones is 1. The number of aliphatic hydroxyl groups is 13. The molecule has 14 atom stereocenters. The summed E-state index contributed by atoms with van der Waals surface area (Å²) in [4.78, 5) is 13.2. The summed E-state index contributed by atoms with van der Waals surface area (Å²) in [6.45, 7) is -3.19. The van der Waals surface area contributed by atoms with E-state index >= 15 is 0 Å². The van der Waals surface area contributed by atoms with Gasteiger partial charge in [0.15, 0.2) is 5.60 Å². The Morgan fingerprint density at radius 2 is 1.09 bits per heavy atom. The molecule has 16 heteroatoms. The van der Waals surface area contributed by atoms with Crippen molar-refractivity contribution in [3.63, 3.8) is 0 Å². The first-order valence-corrected chi connectivity index (χ1v) is 10.3. The Morgan fingerprint density at radius 1 is 0.706 bits per heavy atom. The third-order valence-corrected chi connectivity index (χ3v) is 6.22. The van der Waals surface area contributed by atoms with Gasteiger partial charge in [0.1, 0.15) is 79.4 Å². The molecule has 0 bridgehead atoms. The van der Waals surface area contributed by atoms with Crippen LogP contribution in [0.2, 0.25) is 0 Å². The second kappa shape index (κ2) is 11.4. The fourth-order valence-corrected chi connectivity index (χ4v) is 4.08. The number of hydrogen-bond donors (Lipinski definition) is 13. The van der Waals surface area contributed by atoms with Crippen molar-refractivity contribution in [1.29, 1.82) is 0 Å². The van der Waals surface area contributed by atoms with Crippen LogP contribution in [0.4, 0.5) is 0 Å². The van der Waals surface area contributed by atoms with Crippen LogP contribution < -0.4 is 0 Å². The topological polar surface area (TPSA) is 299 Å². The molecule has 2 heterocycles. The lowest BCUT2D eigenvalue weighted by Gasteiger charge is -2.52. The van der Waals surface area contributed by atoms with Crippen LogP contribution in [-0.4, -0.2) is 177 Å². The molecule has 0 saturated carbocycles. The zero-order valence-corrected chi connectivity index (χ0v) is 17.7. The van der Waals surface area contributed by atoms with Gasteiger partial charge in [-0.15, -0.1) is 0 Å². The van der Waals surface area contributed by atoms with Gasteiger partial charge in [0.2, 0.25) is 5.78 Å². The van der Waals surface area contributed by atoms with Gasteiger partial charge in [-0.05, 0) is 0 Å². The van der Waals surface area contributed by atoms with Crippen molar-refractivity contribution in [1.82, 2.24) is 0 Å². The number of rotatable bonds is 9. The first kappa shape index (κ1) is 29.3. The van der Waals surface area contributed by atoms with E-state index in [1.165, 1.54) is 0 Å². The fourth-order valence-electron chi connectivity index (χ4n) is 4.08. The number of Topliss-reactive ketones (excluding diaryl/α,β-unsaturated/α-hetero) is 1. The molecule has 0 aromatic rings. The average Bonchev–Trinajstić information content (AvgIpc) is 2.83. The molecule has 0 radical (unpaired) electrons. The van der Waals surface area contributed by atoms with Gasteiger partial charge in [0, 0.05) is 0 Å². The molecule has 0 amide bonds. The molecule has 2 saturated heterocycles. The van der Waals surface area contributed by atoms with Crippen LogP contribution in [-0.2, 0) is 14.3 Å². The molecule has 0 aromatic carbocycles. The van der Waals surface area contributed by atoms with Gasteiger partial charge in [0.25, 0.3) is 0 Å². The predicted octanol–water partition coefficient (Wildman–Crippen LogP) is -8.95. The molecule has 0 spiro atoms. The third kappa shape index (κ3) is 4.99. The number of aliphatic hydroxyl groups excluding tert-OH is 12. The minimum atomic E-state index is -3.53. The molecule has 2 aliphatic rings. The average molecular weight is 504 g/mol. The van der Waals surface area contributed by atoms with Gasteiger partial charge in [0.05, 0.1) is 19.8 Å². The number of hydrogen-bond acceptors (Lipinski definition) is 16. The Kier molecular flexibility index (Phi) is 9.84. The summed E-state index contributed by atoms with van der Waals surface area (Å²) in [6.07, 6.45) is -28.6. The molecule has 0 aromatic heterocycles. The summed E-state index contributed by atoms with van der Waals surface area (Å²) in [5.41, 5.74) is -3.53. The first-order chi connectivity index (χ1) is 15.8. The lowest BCUT2D eigenvalue weighted by Crippen LogP contribution is -2.77. The van der Waals surface area contributed by atoms with E-state index in [2.05, 4.69) is 0 Å². The summed E-state index contributed by atoms with van der Waals surface area (Å²) in [5, 5.41) is 130. The maximum atomic E-state index is 13.2. The molecule has 2 fully saturated rings. The molecule has 200 valence electrons. The van der Waals surface area contributed by atoms with Crippen LogP contribution in [0.25, 0.3) is 0 Å². The summed E-state index contributed by atoms with van der Waals surface area (Å²) in [5.74, 6) is -1.92. The van der Waals surface area contributed by atoms with E-state index in [-0.39, 0.29) is 0 Å². The second-order valence-corrected chi connectivity index (χ2v) is 8.37. The van der Waals surface area contributed by atoms with Crippen molar-refractivity contribution in [3.05, 3.63) is 0 Å². The molecule has 2 rings (SSSR count). The predicted molar refractivity (Wildman–Crippen MR) is 103 cm³/mol. The highest BCUT2D eigenvalue weighted by molar-refractivity contribution is 5.93. The van der Waals surface area contributed by atoms with Gasteiger partial charge in [-0.3, -0.25) is 4.79 Å². The number of ether oxygens (including phenoxy) is 2. The van der Waals surface area contributed by atoms with Crippen molar-refractivity contribution in [2.45, 2.75) is 85.0 Å². The fraction of sp³-hybridized carbons (Fsp3) is 0.944. The van der Waals surface area contributed by atoms with Crippen LogP contribution in [0.1, 0.15) is 0 Å². The van der Waals surface area contributed by atoms with Gasteiger partial charge in [-0.1, -0.05) is 0 Å².